The van der Waals surface area contributed by atoms with Gasteiger partial charge in [-0.05, 0) is 50.1 Å². The highest BCUT2D eigenvalue weighted by atomic mass is 32.1. The molecule has 0 aliphatic rings. The number of hydrogen-bond donors (Lipinski definition) is 2. The summed E-state index contributed by atoms with van der Waals surface area (Å²) in [4.78, 5) is 24.8. The summed E-state index contributed by atoms with van der Waals surface area (Å²) in [5.41, 5.74) is 2.03. The van der Waals surface area contributed by atoms with E-state index in [1.807, 2.05) is 45.0 Å². The molecular weight excluding hydrogens is 400 g/mol. The zero-order valence-corrected chi connectivity index (χ0v) is 18.0. The Morgan fingerprint density at radius 2 is 1.90 bits per heavy atom. The average Bonchev–Trinajstić information content (AvgIpc) is 3.22. The Balaban J connectivity index is 1.61. The maximum absolute atomic E-state index is 12.5. The fourth-order valence-corrected chi connectivity index (χ4v) is 3.24. The lowest BCUT2D eigenvalue weighted by molar-refractivity contribution is 0.0938. The van der Waals surface area contributed by atoms with Gasteiger partial charge in [-0.2, -0.15) is 0 Å². The molecule has 1 aromatic heterocycles. The molecule has 0 saturated carbocycles. The Morgan fingerprint density at radius 1 is 1.10 bits per heavy atom. The van der Waals surface area contributed by atoms with Crippen molar-refractivity contribution in [3.63, 3.8) is 0 Å². The first-order valence-corrected chi connectivity index (χ1v) is 10.5. The minimum absolute atomic E-state index is 0.0810. The molecule has 30 heavy (non-hydrogen) atoms. The molecule has 7 nitrogen and oxygen atoms in total. The lowest BCUT2D eigenvalue weighted by Gasteiger charge is -2.12. The number of carbonyl (C=O) groups excluding carboxylic acids is 2. The largest absolute Gasteiger partial charge is 0.486 e. The van der Waals surface area contributed by atoms with E-state index in [1.165, 1.54) is 11.3 Å². The minimum atomic E-state index is -0.380. The zero-order valence-electron chi connectivity index (χ0n) is 17.1. The van der Waals surface area contributed by atoms with E-state index in [0.29, 0.717) is 16.3 Å². The Labute approximate surface area is 179 Å². The molecule has 0 saturated heterocycles. The lowest BCUT2D eigenvalue weighted by atomic mass is 10.1. The van der Waals surface area contributed by atoms with Crippen LogP contribution >= 0.6 is 11.3 Å². The number of ether oxygens (including phenoxy) is 1. The van der Waals surface area contributed by atoms with Gasteiger partial charge in [0.2, 0.25) is 5.01 Å². The summed E-state index contributed by atoms with van der Waals surface area (Å²) in [6.45, 7) is 6.15. The number of nitrogens with zero attached hydrogens (tertiary/aromatic N) is 2. The Morgan fingerprint density at radius 3 is 2.67 bits per heavy atom. The molecule has 2 aromatic carbocycles. The van der Waals surface area contributed by atoms with Crippen LogP contribution in [0.25, 0.3) is 0 Å². The van der Waals surface area contributed by atoms with Crippen molar-refractivity contribution in [2.24, 2.45) is 0 Å². The van der Waals surface area contributed by atoms with Crippen molar-refractivity contribution in [1.29, 1.82) is 0 Å². The number of hydrogen-bond acceptors (Lipinski definition) is 6. The van der Waals surface area contributed by atoms with Crippen LogP contribution in [0.4, 0.5) is 5.69 Å². The van der Waals surface area contributed by atoms with E-state index >= 15 is 0 Å². The van der Waals surface area contributed by atoms with E-state index in [-0.39, 0.29) is 29.5 Å². The van der Waals surface area contributed by atoms with Gasteiger partial charge in [-0.3, -0.25) is 9.59 Å². The van der Waals surface area contributed by atoms with Crippen LogP contribution in [0.2, 0.25) is 0 Å². The van der Waals surface area contributed by atoms with Crippen LogP contribution in [-0.2, 0) is 6.61 Å². The maximum atomic E-state index is 12.5. The van der Waals surface area contributed by atoms with Crippen LogP contribution < -0.4 is 15.4 Å². The van der Waals surface area contributed by atoms with Crippen LogP contribution in [-0.4, -0.2) is 28.1 Å². The first-order valence-electron chi connectivity index (χ1n) is 9.69. The molecule has 156 valence electrons. The van der Waals surface area contributed by atoms with E-state index in [0.717, 1.165) is 17.7 Å². The molecule has 0 bridgehead atoms. The van der Waals surface area contributed by atoms with E-state index in [2.05, 4.69) is 20.8 Å². The van der Waals surface area contributed by atoms with Crippen molar-refractivity contribution < 1.29 is 14.3 Å². The number of amides is 2. The SMILES string of the molecule is CC[C@@H](C)NC(=O)c1cccc(NC(=O)c2nnc(COc3ccccc3C)s2)c1. The third-order valence-electron chi connectivity index (χ3n) is 4.48. The first-order chi connectivity index (χ1) is 14.5. The number of aryl methyl sites for hydroxylation is 1. The topological polar surface area (TPSA) is 93.2 Å². The molecule has 0 aliphatic carbocycles. The average molecular weight is 425 g/mol. The van der Waals surface area contributed by atoms with Gasteiger partial charge in [0.25, 0.3) is 11.8 Å². The molecule has 0 spiro atoms. The summed E-state index contributed by atoms with van der Waals surface area (Å²) >= 11 is 1.17. The van der Waals surface area contributed by atoms with E-state index in [9.17, 15) is 9.59 Å². The second kappa shape index (κ2) is 9.98. The van der Waals surface area contributed by atoms with Crippen LogP contribution in [0.15, 0.2) is 48.5 Å². The fraction of sp³-hybridized carbons (Fsp3) is 0.273. The lowest BCUT2D eigenvalue weighted by Crippen LogP contribution is -2.31. The number of nitrogens with one attached hydrogen (secondary N) is 2. The first kappa shape index (κ1) is 21.4. The summed E-state index contributed by atoms with van der Waals surface area (Å²) in [6, 6.07) is 14.6. The van der Waals surface area contributed by atoms with Crippen molar-refractivity contribution in [3.8, 4) is 5.75 Å². The summed E-state index contributed by atoms with van der Waals surface area (Å²) in [5.74, 6) is 0.215. The van der Waals surface area contributed by atoms with Crippen molar-refractivity contribution >= 4 is 28.8 Å². The van der Waals surface area contributed by atoms with Gasteiger partial charge in [0, 0.05) is 17.3 Å². The van der Waals surface area contributed by atoms with Crippen molar-refractivity contribution in [2.45, 2.75) is 39.8 Å². The number of rotatable bonds is 8. The fourth-order valence-electron chi connectivity index (χ4n) is 2.59. The van der Waals surface area contributed by atoms with Gasteiger partial charge in [0.15, 0.2) is 5.01 Å². The molecule has 2 N–H and O–H groups in total. The summed E-state index contributed by atoms with van der Waals surface area (Å²) in [5, 5.41) is 14.5. The standard InChI is InChI=1S/C22H24N4O3S/c1-4-15(3)23-20(27)16-9-7-10-17(12-16)24-21(28)22-26-25-19(30-22)13-29-18-11-6-5-8-14(18)2/h5-12,15H,4,13H2,1-3H3,(H,23,27)(H,24,28)/t15-/m1/s1. The van der Waals surface area contributed by atoms with E-state index in [1.54, 1.807) is 24.3 Å². The van der Waals surface area contributed by atoms with Crippen molar-refractivity contribution in [2.75, 3.05) is 5.32 Å². The molecule has 1 atom stereocenters. The number of aromatic nitrogens is 2. The van der Waals surface area contributed by atoms with Crippen molar-refractivity contribution in [3.05, 3.63) is 69.7 Å². The van der Waals surface area contributed by atoms with Gasteiger partial charge < -0.3 is 15.4 Å². The smallest absolute Gasteiger partial charge is 0.286 e. The van der Waals surface area contributed by atoms with Gasteiger partial charge in [0.05, 0.1) is 0 Å². The highest BCUT2D eigenvalue weighted by Gasteiger charge is 2.15. The molecule has 8 heteroatoms. The van der Waals surface area contributed by atoms with E-state index < -0.39 is 0 Å². The molecule has 0 fully saturated rings. The number of anilines is 1. The Bertz CT molecular complexity index is 1030. The number of benzene rings is 2. The van der Waals surface area contributed by atoms with Crippen LogP contribution in [0.1, 0.15) is 51.0 Å². The van der Waals surface area contributed by atoms with Crippen molar-refractivity contribution in [1.82, 2.24) is 15.5 Å². The molecule has 3 aromatic rings. The van der Waals surface area contributed by atoms with Crippen LogP contribution in [0, 0.1) is 6.92 Å². The predicted octanol–water partition coefficient (Wildman–Crippen LogP) is 4.21. The third-order valence-corrected chi connectivity index (χ3v) is 5.37. The Hall–Kier alpha value is -3.26. The summed E-state index contributed by atoms with van der Waals surface area (Å²) in [7, 11) is 0. The predicted molar refractivity (Wildman–Crippen MR) is 117 cm³/mol. The third kappa shape index (κ3) is 5.64. The molecule has 3 rings (SSSR count). The molecule has 2 amide bonds. The second-order valence-electron chi connectivity index (χ2n) is 6.87. The number of para-hydroxylation sites is 1. The Kier molecular flexibility index (Phi) is 7.13. The van der Waals surface area contributed by atoms with E-state index in [4.69, 9.17) is 4.74 Å². The van der Waals surface area contributed by atoms with Gasteiger partial charge in [-0.1, -0.05) is 42.5 Å². The quantitative estimate of drug-likeness (QED) is 0.565. The minimum Gasteiger partial charge on any atom is -0.486 e. The maximum Gasteiger partial charge on any atom is 0.286 e. The van der Waals surface area contributed by atoms with Crippen LogP contribution in [0.3, 0.4) is 0 Å². The molecule has 0 unspecified atom stereocenters. The van der Waals surface area contributed by atoms with Gasteiger partial charge in [-0.15, -0.1) is 10.2 Å². The van der Waals surface area contributed by atoms with Gasteiger partial charge >= 0.3 is 0 Å². The molecular formula is C22H24N4O3S. The molecule has 0 radical (unpaired) electrons. The zero-order chi connectivity index (χ0) is 21.5. The normalized spacial score (nSPS) is 11.6. The molecule has 0 aliphatic heterocycles. The summed E-state index contributed by atoms with van der Waals surface area (Å²) < 4.78 is 5.75. The molecule has 1 heterocycles. The highest BCUT2D eigenvalue weighted by Crippen LogP contribution is 2.20. The van der Waals surface area contributed by atoms with Gasteiger partial charge in [0.1, 0.15) is 12.4 Å². The second-order valence-corrected chi connectivity index (χ2v) is 7.93. The summed E-state index contributed by atoms with van der Waals surface area (Å²) in [6.07, 6.45) is 0.842. The van der Waals surface area contributed by atoms with Crippen LogP contribution in [0.5, 0.6) is 5.75 Å². The monoisotopic (exact) mass is 424 g/mol. The van der Waals surface area contributed by atoms with Gasteiger partial charge in [-0.25, -0.2) is 0 Å². The number of carbonyl (C=O) groups is 2. The highest BCUT2D eigenvalue weighted by molar-refractivity contribution is 7.13.